The number of hydrogen-bond donors (Lipinski definition) is 2. The maximum absolute atomic E-state index is 12.4. The van der Waals surface area contributed by atoms with E-state index in [1.165, 1.54) is 6.07 Å². The Hall–Kier alpha value is -1.72. The lowest BCUT2D eigenvalue weighted by atomic mass is 9.45. The molecule has 3 saturated carbocycles. The third-order valence-electron chi connectivity index (χ3n) is 9.21. The van der Waals surface area contributed by atoms with Gasteiger partial charge >= 0.3 is 5.63 Å². The molecule has 5 heteroatoms. The molecule has 7 atom stereocenters. The molecule has 0 aliphatic heterocycles. The molecule has 0 radical (unpaired) electrons. The van der Waals surface area contributed by atoms with Crippen molar-refractivity contribution in [1.29, 1.82) is 0 Å². The number of aliphatic hydroxyl groups is 2. The summed E-state index contributed by atoms with van der Waals surface area (Å²) < 4.78 is 5.13. The zero-order valence-electron chi connectivity index (χ0n) is 17.0. The average Bonchev–Trinajstić information content (AvgIpc) is 3.00. The SMILES string of the molecule is C[C@]12CC[C@H]3[C@@H](CCC4=C[C@H](O)CC[C@@]43C=O)[C@]1(O)CC[C@H]2c1ccc(=O)oc1. The Morgan fingerprint density at radius 1 is 1.10 bits per heavy atom. The maximum Gasteiger partial charge on any atom is 0.335 e. The van der Waals surface area contributed by atoms with E-state index in [4.69, 9.17) is 4.42 Å². The molecule has 2 N–H and O–H groups in total. The highest BCUT2D eigenvalue weighted by molar-refractivity contribution is 5.67. The summed E-state index contributed by atoms with van der Waals surface area (Å²) in [5.74, 6) is 0.368. The van der Waals surface area contributed by atoms with Gasteiger partial charge in [-0.3, -0.25) is 0 Å². The van der Waals surface area contributed by atoms with E-state index in [9.17, 15) is 19.8 Å². The van der Waals surface area contributed by atoms with Gasteiger partial charge in [0.1, 0.15) is 6.29 Å². The zero-order chi connectivity index (χ0) is 20.4. The van der Waals surface area contributed by atoms with E-state index in [-0.39, 0.29) is 28.8 Å². The Labute approximate surface area is 170 Å². The molecule has 5 rings (SSSR count). The highest BCUT2D eigenvalue weighted by Gasteiger charge is 2.67. The topological polar surface area (TPSA) is 87.7 Å². The van der Waals surface area contributed by atoms with Crippen LogP contribution in [0.2, 0.25) is 0 Å². The second-order valence-corrected chi connectivity index (χ2v) is 10.1. The average molecular weight is 398 g/mol. The van der Waals surface area contributed by atoms with Crippen LogP contribution in [0, 0.1) is 22.7 Å². The molecule has 5 nitrogen and oxygen atoms in total. The molecule has 0 spiro atoms. The molecule has 0 unspecified atom stereocenters. The summed E-state index contributed by atoms with van der Waals surface area (Å²) in [6.45, 7) is 2.19. The van der Waals surface area contributed by atoms with E-state index in [0.717, 1.165) is 49.5 Å². The summed E-state index contributed by atoms with van der Waals surface area (Å²) in [4.78, 5) is 23.8. The summed E-state index contributed by atoms with van der Waals surface area (Å²) in [6, 6.07) is 3.31. The van der Waals surface area contributed by atoms with Crippen molar-refractivity contribution < 1.29 is 19.4 Å². The van der Waals surface area contributed by atoms with Crippen molar-refractivity contribution in [2.45, 2.75) is 75.9 Å². The molecule has 3 fully saturated rings. The van der Waals surface area contributed by atoms with Gasteiger partial charge in [-0.15, -0.1) is 0 Å². The highest BCUT2D eigenvalue weighted by atomic mass is 16.4. The van der Waals surface area contributed by atoms with E-state index >= 15 is 0 Å². The number of allylic oxidation sites excluding steroid dienone is 1. The number of fused-ring (bicyclic) bond motifs is 5. The third kappa shape index (κ3) is 2.46. The van der Waals surface area contributed by atoms with Gasteiger partial charge in [-0.25, -0.2) is 4.79 Å². The standard InChI is InChI=1S/C24H30O5/c1-22-9-7-19-20(4-3-16-12-17(26)6-10-23(16,19)14-25)24(22,28)11-8-18(22)15-2-5-21(27)29-13-15/h2,5,12-14,17-20,26,28H,3-4,6-11H2,1H3/t17-,18+,19+,20-,22-,23-,24-/m1/s1. The number of carbonyl (C=O) groups is 1. The van der Waals surface area contributed by atoms with Crippen molar-refractivity contribution in [3.63, 3.8) is 0 Å². The molecule has 1 aromatic rings. The molecule has 0 bridgehead atoms. The van der Waals surface area contributed by atoms with E-state index in [2.05, 4.69) is 6.92 Å². The fraction of sp³-hybridized carbons (Fsp3) is 0.667. The fourth-order valence-corrected chi connectivity index (χ4v) is 7.71. The molecule has 4 aliphatic carbocycles. The summed E-state index contributed by atoms with van der Waals surface area (Å²) in [5.41, 5.74) is 0.0938. The Morgan fingerprint density at radius 2 is 1.93 bits per heavy atom. The minimum Gasteiger partial charge on any atom is -0.431 e. The summed E-state index contributed by atoms with van der Waals surface area (Å²) in [5, 5.41) is 22.2. The molecule has 1 heterocycles. The van der Waals surface area contributed by atoms with Gasteiger partial charge in [0.15, 0.2) is 0 Å². The van der Waals surface area contributed by atoms with Gasteiger partial charge in [-0.2, -0.15) is 0 Å². The van der Waals surface area contributed by atoms with Gasteiger partial charge in [-0.05, 0) is 80.8 Å². The van der Waals surface area contributed by atoms with Crippen LogP contribution in [0.1, 0.15) is 69.8 Å². The summed E-state index contributed by atoms with van der Waals surface area (Å²) >= 11 is 0. The van der Waals surface area contributed by atoms with Gasteiger partial charge in [0, 0.05) is 11.5 Å². The van der Waals surface area contributed by atoms with Crippen molar-refractivity contribution >= 4 is 6.29 Å². The molecule has 29 heavy (non-hydrogen) atoms. The van der Waals surface area contributed by atoms with Crippen molar-refractivity contribution in [2.75, 3.05) is 0 Å². The van der Waals surface area contributed by atoms with Gasteiger partial charge < -0.3 is 19.4 Å². The lowest BCUT2D eigenvalue weighted by Gasteiger charge is -2.61. The normalized spacial score (nSPS) is 46.2. The molecule has 0 aromatic carbocycles. The second-order valence-electron chi connectivity index (χ2n) is 10.1. The Bertz CT molecular complexity index is 898. The van der Waals surface area contributed by atoms with E-state index in [1.807, 2.05) is 12.1 Å². The molecule has 0 amide bonds. The first kappa shape index (κ1) is 19.3. The Balaban J connectivity index is 1.53. The van der Waals surface area contributed by atoms with Crippen LogP contribution in [-0.4, -0.2) is 28.2 Å². The first-order valence-corrected chi connectivity index (χ1v) is 11.0. The highest BCUT2D eigenvalue weighted by Crippen LogP contribution is 2.69. The van der Waals surface area contributed by atoms with Crippen LogP contribution in [0.3, 0.4) is 0 Å². The van der Waals surface area contributed by atoms with Gasteiger partial charge in [-0.1, -0.05) is 18.6 Å². The summed E-state index contributed by atoms with van der Waals surface area (Å²) in [6.07, 6.45) is 10.4. The van der Waals surface area contributed by atoms with Gasteiger partial charge in [0.05, 0.1) is 23.4 Å². The van der Waals surface area contributed by atoms with Crippen LogP contribution in [0.15, 0.2) is 39.3 Å². The van der Waals surface area contributed by atoms with Crippen molar-refractivity contribution in [1.82, 2.24) is 0 Å². The van der Waals surface area contributed by atoms with Crippen molar-refractivity contribution in [2.24, 2.45) is 22.7 Å². The largest absolute Gasteiger partial charge is 0.431 e. The lowest BCUT2D eigenvalue weighted by Crippen LogP contribution is -2.61. The molecular weight excluding hydrogens is 368 g/mol. The van der Waals surface area contributed by atoms with Crippen LogP contribution < -0.4 is 5.63 Å². The minimum absolute atomic E-state index is 0.0829. The number of aliphatic hydroxyl groups excluding tert-OH is 1. The van der Waals surface area contributed by atoms with Gasteiger partial charge in [0.2, 0.25) is 0 Å². The van der Waals surface area contributed by atoms with Crippen LogP contribution in [0.4, 0.5) is 0 Å². The first-order valence-electron chi connectivity index (χ1n) is 11.0. The number of aldehydes is 1. The molecular formula is C24H30O5. The number of carbonyl (C=O) groups excluding carboxylic acids is 1. The predicted molar refractivity (Wildman–Crippen MR) is 107 cm³/mol. The first-order chi connectivity index (χ1) is 13.8. The number of hydrogen-bond acceptors (Lipinski definition) is 5. The third-order valence-corrected chi connectivity index (χ3v) is 9.21. The monoisotopic (exact) mass is 398 g/mol. The lowest BCUT2D eigenvalue weighted by molar-refractivity contribution is -0.179. The van der Waals surface area contributed by atoms with Crippen LogP contribution in [0.25, 0.3) is 0 Å². The molecule has 1 aromatic heterocycles. The second kappa shape index (κ2) is 6.39. The van der Waals surface area contributed by atoms with Gasteiger partial charge in [0.25, 0.3) is 0 Å². The van der Waals surface area contributed by atoms with E-state index < -0.39 is 17.1 Å². The van der Waals surface area contributed by atoms with Crippen LogP contribution in [-0.2, 0) is 4.79 Å². The van der Waals surface area contributed by atoms with E-state index in [1.54, 1.807) is 6.26 Å². The smallest absolute Gasteiger partial charge is 0.335 e. The maximum atomic E-state index is 12.4. The zero-order valence-corrected chi connectivity index (χ0v) is 17.0. The predicted octanol–water partition coefficient (Wildman–Crippen LogP) is 3.34. The molecule has 4 aliphatic rings. The molecule has 156 valence electrons. The van der Waals surface area contributed by atoms with Crippen LogP contribution in [0.5, 0.6) is 0 Å². The van der Waals surface area contributed by atoms with E-state index in [0.29, 0.717) is 19.3 Å². The minimum atomic E-state index is -0.825. The fourth-order valence-electron chi connectivity index (χ4n) is 7.71. The van der Waals surface area contributed by atoms with Crippen molar-refractivity contribution in [3.8, 4) is 0 Å². The van der Waals surface area contributed by atoms with Crippen LogP contribution >= 0.6 is 0 Å². The Morgan fingerprint density at radius 3 is 2.66 bits per heavy atom. The quantitative estimate of drug-likeness (QED) is 0.589. The molecule has 0 saturated heterocycles. The Kier molecular flexibility index (Phi) is 4.24. The summed E-state index contributed by atoms with van der Waals surface area (Å²) in [7, 11) is 0. The number of rotatable bonds is 2. The van der Waals surface area contributed by atoms with Crippen molar-refractivity contribution in [3.05, 3.63) is 46.0 Å².